The van der Waals surface area contributed by atoms with Crippen LogP contribution in [0.4, 0.5) is 0 Å². The van der Waals surface area contributed by atoms with Crippen molar-refractivity contribution in [3.8, 4) is 0 Å². The van der Waals surface area contributed by atoms with Gasteiger partial charge in [-0.1, -0.05) is 6.58 Å². The van der Waals surface area contributed by atoms with E-state index in [0.29, 0.717) is 13.1 Å². The first kappa shape index (κ1) is 15.1. The summed E-state index contributed by atoms with van der Waals surface area (Å²) in [6.45, 7) is 3.81. The first-order valence-corrected chi connectivity index (χ1v) is 4.84. The SMILES string of the molecule is C=CC(=O)NOC(=O)CCC(=O)ONCCN. The van der Waals surface area contributed by atoms with Crippen molar-refractivity contribution < 1.29 is 24.1 Å². The zero-order valence-electron chi connectivity index (χ0n) is 9.23. The zero-order valence-corrected chi connectivity index (χ0v) is 9.23. The molecular formula is C9H15N3O5. The average Bonchev–Trinajstić information content (AvgIpc) is 2.33. The van der Waals surface area contributed by atoms with Crippen molar-refractivity contribution in [1.82, 2.24) is 11.0 Å². The Morgan fingerprint density at radius 1 is 1.18 bits per heavy atom. The van der Waals surface area contributed by atoms with Crippen LogP contribution in [-0.4, -0.2) is 30.9 Å². The van der Waals surface area contributed by atoms with Gasteiger partial charge in [-0.25, -0.2) is 4.79 Å². The number of hydrogen-bond donors (Lipinski definition) is 3. The van der Waals surface area contributed by atoms with Crippen LogP contribution >= 0.6 is 0 Å². The highest BCUT2D eigenvalue weighted by atomic mass is 16.7. The Balaban J connectivity index is 3.58. The maximum Gasteiger partial charge on any atom is 0.332 e. The summed E-state index contributed by atoms with van der Waals surface area (Å²) >= 11 is 0. The quantitative estimate of drug-likeness (QED) is 0.284. The maximum atomic E-state index is 11.0. The van der Waals surface area contributed by atoms with Gasteiger partial charge in [0.2, 0.25) is 0 Å². The Morgan fingerprint density at radius 2 is 1.76 bits per heavy atom. The molecule has 0 fully saturated rings. The molecule has 1 amide bonds. The third-order valence-corrected chi connectivity index (χ3v) is 1.42. The number of carbonyl (C=O) groups excluding carboxylic acids is 3. The third-order valence-electron chi connectivity index (χ3n) is 1.42. The lowest BCUT2D eigenvalue weighted by molar-refractivity contribution is -0.160. The molecule has 0 atom stereocenters. The number of nitrogens with one attached hydrogen (secondary N) is 2. The van der Waals surface area contributed by atoms with Crippen molar-refractivity contribution in [3.05, 3.63) is 12.7 Å². The molecule has 0 rings (SSSR count). The Bertz CT molecular complexity index is 292. The third kappa shape index (κ3) is 9.03. The van der Waals surface area contributed by atoms with E-state index in [1.165, 1.54) is 0 Å². The van der Waals surface area contributed by atoms with Gasteiger partial charge in [-0.3, -0.25) is 9.59 Å². The fourth-order valence-electron chi connectivity index (χ4n) is 0.646. The molecular weight excluding hydrogens is 230 g/mol. The van der Waals surface area contributed by atoms with Gasteiger partial charge in [0.05, 0.1) is 12.8 Å². The molecule has 17 heavy (non-hydrogen) atoms. The summed E-state index contributed by atoms with van der Waals surface area (Å²) in [5, 5.41) is 0. The van der Waals surface area contributed by atoms with Gasteiger partial charge in [0.15, 0.2) is 0 Å². The van der Waals surface area contributed by atoms with Crippen LogP contribution in [0.1, 0.15) is 12.8 Å². The van der Waals surface area contributed by atoms with Crippen LogP contribution in [0.25, 0.3) is 0 Å². The van der Waals surface area contributed by atoms with Crippen molar-refractivity contribution in [2.45, 2.75) is 12.8 Å². The molecule has 0 saturated carbocycles. The van der Waals surface area contributed by atoms with Crippen molar-refractivity contribution in [1.29, 1.82) is 0 Å². The van der Waals surface area contributed by atoms with E-state index in [1.807, 2.05) is 5.48 Å². The van der Waals surface area contributed by atoms with E-state index in [2.05, 4.69) is 21.7 Å². The number of amides is 1. The van der Waals surface area contributed by atoms with Crippen LogP contribution in [0.3, 0.4) is 0 Å². The Hall–Kier alpha value is -1.93. The topological polar surface area (TPSA) is 120 Å². The molecule has 0 aromatic rings. The summed E-state index contributed by atoms with van der Waals surface area (Å²) in [7, 11) is 0. The van der Waals surface area contributed by atoms with Crippen molar-refractivity contribution in [2.75, 3.05) is 13.1 Å². The van der Waals surface area contributed by atoms with E-state index in [9.17, 15) is 14.4 Å². The molecule has 0 unspecified atom stereocenters. The lowest BCUT2D eigenvalue weighted by atomic mass is 10.3. The highest BCUT2D eigenvalue weighted by molar-refractivity contribution is 5.87. The summed E-state index contributed by atoms with van der Waals surface area (Å²) in [5.41, 5.74) is 9.27. The highest BCUT2D eigenvalue weighted by Gasteiger charge is 2.10. The molecule has 0 aliphatic carbocycles. The van der Waals surface area contributed by atoms with Gasteiger partial charge in [0.25, 0.3) is 5.91 Å². The molecule has 4 N–H and O–H groups in total. The number of carbonyl (C=O) groups is 3. The van der Waals surface area contributed by atoms with Gasteiger partial charge in [-0.15, -0.1) is 0 Å². The number of hydroxylamine groups is 2. The molecule has 0 saturated heterocycles. The molecule has 0 aliphatic heterocycles. The van der Waals surface area contributed by atoms with Crippen LogP contribution in [0.15, 0.2) is 12.7 Å². The number of nitrogens with two attached hydrogens (primary N) is 1. The summed E-state index contributed by atoms with van der Waals surface area (Å²) in [5.74, 6) is -2.02. The summed E-state index contributed by atoms with van der Waals surface area (Å²) in [6, 6.07) is 0. The van der Waals surface area contributed by atoms with Gasteiger partial charge in [0.1, 0.15) is 0 Å². The Kier molecular flexibility index (Phi) is 8.25. The predicted octanol–water partition coefficient (Wildman–Crippen LogP) is -1.47. The molecule has 0 aromatic heterocycles. The molecule has 0 aromatic carbocycles. The Labute approximate surface area is 98.0 Å². The fourth-order valence-corrected chi connectivity index (χ4v) is 0.646. The molecule has 96 valence electrons. The second-order valence-corrected chi connectivity index (χ2v) is 2.80. The van der Waals surface area contributed by atoms with Crippen LogP contribution in [0.5, 0.6) is 0 Å². The molecule has 0 aliphatic rings. The molecule has 8 nitrogen and oxygen atoms in total. The average molecular weight is 245 g/mol. The smallest absolute Gasteiger partial charge is 0.332 e. The molecule has 8 heteroatoms. The van der Waals surface area contributed by atoms with Gasteiger partial charge < -0.3 is 15.4 Å². The Morgan fingerprint density at radius 3 is 2.29 bits per heavy atom. The second-order valence-electron chi connectivity index (χ2n) is 2.80. The van der Waals surface area contributed by atoms with Gasteiger partial charge in [-0.05, 0) is 6.08 Å². The normalized spacial score (nSPS) is 9.24. The monoisotopic (exact) mass is 245 g/mol. The van der Waals surface area contributed by atoms with E-state index in [1.54, 1.807) is 0 Å². The van der Waals surface area contributed by atoms with Crippen molar-refractivity contribution in [2.24, 2.45) is 5.73 Å². The maximum absolute atomic E-state index is 11.0. The molecule has 0 bridgehead atoms. The van der Waals surface area contributed by atoms with E-state index in [4.69, 9.17) is 5.73 Å². The number of rotatable bonds is 7. The first-order valence-electron chi connectivity index (χ1n) is 4.84. The second kappa shape index (κ2) is 9.31. The minimum Gasteiger partial charge on any atom is -0.371 e. The standard InChI is InChI=1S/C9H15N3O5/c1-2-7(13)12-17-9(15)4-3-8(14)16-11-6-5-10/h2,11H,1,3-6,10H2,(H,12,13). The van der Waals surface area contributed by atoms with Crippen molar-refractivity contribution >= 4 is 17.8 Å². The lowest BCUT2D eigenvalue weighted by Crippen LogP contribution is -2.27. The van der Waals surface area contributed by atoms with Gasteiger partial charge in [-0.2, -0.15) is 11.0 Å². The molecule has 0 spiro atoms. The molecule has 0 radical (unpaired) electrons. The van der Waals surface area contributed by atoms with E-state index >= 15 is 0 Å². The predicted molar refractivity (Wildman–Crippen MR) is 56.8 cm³/mol. The molecule has 0 heterocycles. The lowest BCUT2D eigenvalue weighted by Gasteiger charge is -2.04. The van der Waals surface area contributed by atoms with Crippen LogP contribution in [-0.2, 0) is 24.1 Å². The van der Waals surface area contributed by atoms with Crippen LogP contribution in [0, 0.1) is 0 Å². The minimum atomic E-state index is -0.754. The first-order chi connectivity index (χ1) is 8.10. The van der Waals surface area contributed by atoms with Crippen LogP contribution < -0.4 is 16.7 Å². The highest BCUT2D eigenvalue weighted by Crippen LogP contribution is 1.93. The largest absolute Gasteiger partial charge is 0.371 e. The van der Waals surface area contributed by atoms with Crippen LogP contribution in [0.2, 0.25) is 0 Å². The summed E-state index contributed by atoms with van der Waals surface area (Å²) in [6.07, 6.45) is 0.569. The van der Waals surface area contributed by atoms with E-state index < -0.39 is 17.8 Å². The van der Waals surface area contributed by atoms with Gasteiger partial charge in [0, 0.05) is 13.1 Å². The minimum absolute atomic E-state index is 0.166. The van der Waals surface area contributed by atoms with E-state index in [0.717, 1.165) is 6.08 Å². The van der Waals surface area contributed by atoms with E-state index in [-0.39, 0.29) is 12.8 Å². The fraction of sp³-hybridized carbons (Fsp3) is 0.444. The van der Waals surface area contributed by atoms with Gasteiger partial charge >= 0.3 is 11.9 Å². The zero-order chi connectivity index (χ0) is 13.1. The summed E-state index contributed by atoms with van der Waals surface area (Å²) < 4.78 is 0. The summed E-state index contributed by atoms with van der Waals surface area (Å²) in [4.78, 5) is 41.4. The number of hydrogen-bond acceptors (Lipinski definition) is 7. The van der Waals surface area contributed by atoms with Crippen molar-refractivity contribution in [3.63, 3.8) is 0 Å².